The zero-order chi connectivity index (χ0) is 39.0. The van der Waals surface area contributed by atoms with Crippen molar-refractivity contribution in [3.63, 3.8) is 0 Å². The Bertz CT molecular complexity index is 2020. The van der Waals surface area contributed by atoms with E-state index in [-0.39, 0.29) is 47.2 Å². The number of hydrogen-bond donors (Lipinski definition) is 4. The number of rotatable bonds is 12. The van der Waals surface area contributed by atoms with E-state index in [9.17, 15) is 22.8 Å². The van der Waals surface area contributed by atoms with Crippen LogP contribution < -0.4 is 22.1 Å². The van der Waals surface area contributed by atoms with Gasteiger partial charge in [0.1, 0.15) is 18.9 Å². The number of benzene rings is 2. The molecule has 1 saturated carbocycles. The van der Waals surface area contributed by atoms with Crippen molar-refractivity contribution < 1.29 is 32.2 Å². The van der Waals surface area contributed by atoms with Crippen LogP contribution in [-0.2, 0) is 34.9 Å². The van der Waals surface area contributed by atoms with Crippen molar-refractivity contribution in [2.75, 3.05) is 23.8 Å². The molecule has 2 atom stereocenters. The Morgan fingerprint density at radius 3 is 1.75 bits per heavy atom. The van der Waals surface area contributed by atoms with Crippen LogP contribution in [0.15, 0.2) is 77.1 Å². The minimum atomic E-state index is -4.64. The van der Waals surface area contributed by atoms with E-state index >= 15 is 0 Å². The monoisotopic (exact) mass is 758 g/mol. The number of nitrogens with one attached hydrogen (secondary N) is 2. The lowest BCUT2D eigenvalue weighted by atomic mass is 10.1. The number of aliphatic imine (C=N–C) groups is 2. The molecule has 2 aromatic heterocycles. The van der Waals surface area contributed by atoms with Crippen LogP contribution in [0, 0.1) is 0 Å². The summed E-state index contributed by atoms with van der Waals surface area (Å²) in [5, 5.41) is 5.54. The van der Waals surface area contributed by atoms with Gasteiger partial charge >= 0.3 is 6.18 Å². The van der Waals surface area contributed by atoms with Gasteiger partial charge in [0.2, 0.25) is 5.82 Å². The highest BCUT2D eigenvalue weighted by Gasteiger charge is 2.38. The molecule has 3 aliphatic rings. The number of carbonyl (C=O) groups excluding carboxylic acids is 2. The van der Waals surface area contributed by atoms with Gasteiger partial charge in [0, 0.05) is 29.7 Å². The molecule has 7 rings (SSSR count). The van der Waals surface area contributed by atoms with E-state index in [1.807, 2.05) is 43.3 Å². The number of amides is 2. The molecule has 0 spiro atoms. The van der Waals surface area contributed by atoms with Crippen LogP contribution in [0.4, 0.5) is 24.5 Å². The van der Waals surface area contributed by atoms with Gasteiger partial charge in [0.25, 0.3) is 23.9 Å². The Labute approximate surface area is 315 Å². The SMILES string of the molecule is CCc1cnc(C(=O)Nc2ccc(CC[C@H]3COC(N)=N3)cc2)cn1.NC1=N[C@@H](CCc2ccc(NC(=O)c3cnc(C(F)(F)F)nc3C3CC3)cc2)CO1. The fourth-order valence-corrected chi connectivity index (χ4v) is 5.77. The fraction of sp³-hybridized carbons (Fsp3) is 0.368. The molecule has 288 valence electrons. The van der Waals surface area contributed by atoms with Crippen molar-refractivity contribution in [3.8, 4) is 0 Å². The summed E-state index contributed by atoms with van der Waals surface area (Å²) in [4.78, 5) is 48.5. The topological polar surface area (TPSA) is 205 Å². The molecule has 14 nitrogen and oxygen atoms in total. The molecule has 2 aliphatic heterocycles. The third-order valence-corrected chi connectivity index (χ3v) is 9.00. The molecule has 2 aromatic carbocycles. The van der Waals surface area contributed by atoms with Gasteiger partial charge < -0.3 is 31.6 Å². The van der Waals surface area contributed by atoms with Gasteiger partial charge in [0.05, 0.1) is 35.2 Å². The molecule has 17 heteroatoms. The number of aryl methyl sites for hydroxylation is 3. The van der Waals surface area contributed by atoms with E-state index in [0.717, 1.165) is 55.2 Å². The highest BCUT2D eigenvalue weighted by molar-refractivity contribution is 6.05. The average Bonchev–Trinajstić information content (AvgIpc) is 3.82. The summed E-state index contributed by atoms with van der Waals surface area (Å²) in [6.45, 7) is 3.03. The molecule has 2 amide bonds. The Balaban J connectivity index is 0.000000190. The second kappa shape index (κ2) is 17.3. The maximum atomic E-state index is 12.9. The first kappa shape index (κ1) is 38.6. The standard InChI is InChI=1S/C20H20F3N5O2.C18H21N5O2/c21-20(22,23)18-25-9-15(16(28-18)12-4-5-12)17(29)26-13-6-1-11(2-7-13)3-8-14-10-30-19(24)27-14;1-2-13-9-21-16(10-20-13)17(24)22-14-6-3-12(4-7-14)5-8-15-11-25-18(19)23-15/h1-2,6-7,9,12,14H,3-5,8,10H2,(H2,24,27)(H,26,29);3-4,6-7,9-10,15H,2,5,8,11H2,1H3,(H2,19,23)(H,22,24)/t14-;15-/m00/s1. The van der Waals surface area contributed by atoms with Gasteiger partial charge in [-0.3, -0.25) is 14.6 Å². The summed E-state index contributed by atoms with van der Waals surface area (Å²) in [5.74, 6) is -2.14. The summed E-state index contributed by atoms with van der Waals surface area (Å²) < 4.78 is 49.0. The molecule has 1 aliphatic carbocycles. The fourth-order valence-electron chi connectivity index (χ4n) is 5.77. The molecule has 4 aromatic rings. The summed E-state index contributed by atoms with van der Waals surface area (Å²) in [6.07, 6.45) is 4.99. The predicted molar refractivity (Wildman–Crippen MR) is 199 cm³/mol. The number of nitrogens with zero attached hydrogens (tertiary/aromatic N) is 6. The number of aromatic nitrogens is 4. The van der Waals surface area contributed by atoms with Crippen LogP contribution in [0.25, 0.3) is 0 Å². The number of alkyl halides is 3. The van der Waals surface area contributed by atoms with Crippen molar-refractivity contribution in [2.24, 2.45) is 21.5 Å². The van der Waals surface area contributed by atoms with Crippen LogP contribution in [0.3, 0.4) is 0 Å². The maximum Gasteiger partial charge on any atom is 0.451 e. The molecule has 0 radical (unpaired) electrons. The second-order valence-corrected chi connectivity index (χ2v) is 13.3. The average molecular weight is 759 g/mol. The number of hydrogen-bond acceptors (Lipinski definition) is 12. The normalized spacial score (nSPS) is 17.5. The Morgan fingerprint density at radius 2 is 1.31 bits per heavy atom. The number of anilines is 2. The summed E-state index contributed by atoms with van der Waals surface area (Å²) in [6, 6.07) is 15.7. The van der Waals surface area contributed by atoms with Gasteiger partial charge in [-0.1, -0.05) is 31.2 Å². The van der Waals surface area contributed by atoms with Crippen LogP contribution >= 0.6 is 0 Å². The molecule has 55 heavy (non-hydrogen) atoms. The Morgan fingerprint density at radius 1 is 0.764 bits per heavy atom. The zero-order valence-corrected chi connectivity index (χ0v) is 30.1. The molecule has 6 N–H and O–H groups in total. The first-order chi connectivity index (χ1) is 26.4. The van der Waals surface area contributed by atoms with Crippen molar-refractivity contribution in [1.82, 2.24) is 19.9 Å². The van der Waals surface area contributed by atoms with Crippen molar-refractivity contribution in [2.45, 2.75) is 76.0 Å². The minimum Gasteiger partial charge on any atom is -0.463 e. The number of ether oxygens (including phenoxy) is 2. The first-order valence-corrected chi connectivity index (χ1v) is 17.9. The third kappa shape index (κ3) is 11.0. The van der Waals surface area contributed by atoms with Gasteiger partial charge in [0.15, 0.2) is 0 Å². The van der Waals surface area contributed by atoms with Gasteiger partial charge in [-0.2, -0.15) is 13.2 Å². The number of amidine groups is 2. The zero-order valence-electron chi connectivity index (χ0n) is 30.1. The summed E-state index contributed by atoms with van der Waals surface area (Å²) in [5.41, 5.74) is 15.9. The maximum absolute atomic E-state index is 12.9. The van der Waals surface area contributed by atoms with E-state index in [2.05, 4.69) is 40.6 Å². The third-order valence-electron chi connectivity index (χ3n) is 9.00. The molecule has 0 unspecified atom stereocenters. The van der Waals surface area contributed by atoms with E-state index < -0.39 is 17.9 Å². The van der Waals surface area contributed by atoms with E-state index in [4.69, 9.17) is 20.9 Å². The molecule has 0 bridgehead atoms. The quantitative estimate of drug-likeness (QED) is 0.148. The van der Waals surface area contributed by atoms with Gasteiger partial charge in [-0.25, -0.2) is 24.9 Å². The highest BCUT2D eigenvalue weighted by Crippen LogP contribution is 2.41. The van der Waals surface area contributed by atoms with Gasteiger partial charge in [-0.15, -0.1) is 0 Å². The largest absolute Gasteiger partial charge is 0.463 e. The molecular weight excluding hydrogens is 717 g/mol. The summed E-state index contributed by atoms with van der Waals surface area (Å²) in [7, 11) is 0. The van der Waals surface area contributed by atoms with Crippen molar-refractivity contribution in [1.29, 1.82) is 0 Å². The molecule has 4 heterocycles. The van der Waals surface area contributed by atoms with E-state index in [0.29, 0.717) is 37.4 Å². The predicted octanol–water partition coefficient (Wildman–Crippen LogP) is 5.21. The van der Waals surface area contributed by atoms with Crippen LogP contribution in [0.1, 0.15) is 87.7 Å². The number of halogens is 3. The number of nitrogens with two attached hydrogens (primary N) is 2. The van der Waals surface area contributed by atoms with Crippen LogP contribution in [0.2, 0.25) is 0 Å². The highest BCUT2D eigenvalue weighted by atomic mass is 19.4. The van der Waals surface area contributed by atoms with Crippen molar-refractivity contribution >= 4 is 35.2 Å². The molecular formula is C38H41F3N10O4. The van der Waals surface area contributed by atoms with Crippen LogP contribution in [-0.4, -0.2) is 69.1 Å². The van der Waals surface area contributed by atoms with E-state index in [1.165, 1.54) is 11.8 Å². The second-order valence-electron chi connectivity index (χ2n) is 13.3. The number of carbonyl (C=O) groups is 2. The molecule has 1 fully saturated rings. The minimum absolute atomic E-state index is 0.0462. The van der Waals surface area contributed by atoms with E-state index in [1.54, 1.807) is 18.3 Å². The lowest BCUT2D eigenvalue weighted by molar-refractivity contribution is -0.145. The molecule has 0 saturated heterocycles. The smallest absolute Gasteiger partial charge is 0.451 e. The van der Waals surface area contributed by atoms with Crippen LogP contribution in [0.5, 0.6) is 0 Å². The first-order valence-electron chi connectivity index (χ1n) is 17.9. The Kier molecular flexibility index (Phi) is 12.2. The lowest BCUT2D eigenvalue weighted by Crippen LogP contribution is -2.19. The lowest BCUT2D eigenvalue weighted by Gasteiger charge is -2.12. The summed E-state index contributed by atoms with van der Waals surface area (Å²) >= 11 is 0. The van der Waals surface area contributed by atoms with Gasteiger partial charge in [-0.05, 0) is 80.3 Å². The Hall–Kier alpha value is -6.13. The van der Waals surface area contributed by atoms with Crippen molar-refractivity contribution in [3.05, 3.63) is 107 Å².